The van der Waals surface area contributed by atoms with Crippen LogP contribution in [0, 0.1) is 52.3 Å². The summed E-state index contributed by atoms with van der Waals surface area (Å²) in [5.41, 5.74) is 14.3. The number of hydrogen-bond donors (Lipinski definition) is 2. The van der Waals surface area contributed by atoms with Gasteiger partial charge in [-0.1, -0.05) is 27.7 Å². The molecule has 4 N–H and O–H groups in total. The van der Waals surface area contributed by atoms with E-state index in [-0.39, 0.29) is 11.9 Å². The molecule has 2 aliphatic heterocycles. The van der Waals surface area contributed by atoms with Gasteiger partial charge in [0, 0.05) is 18.0 Å². The third kappa shape index (κ3) is 3.62. The van der Waals surface area contributed by atoms with Crippen molar-refractivity contribution < 1.29 is 14.2 Å². The number of fused-ring (bicyclic) bond motifs is 7. The average Bonchev–Trinajstić information content (AvgIpc) is 3.33. The Bertz CT molecular complexity index is 1070. The molecule has 1 aromatic carbocycles. The lowest BCUT2D eigenvalue weighted by Crippen LogP contribution is -2.55. The molecule has 38 heavy (non-hydrogen) atoms. The first-order chi connectivity index (χ1) is 18.1. The molecule has 4 saturated carbocycles. The van der Waals surface area contributed by atoms with Crippen LogP contribution < -0.4 is 16.2 Å². The monoisotopic (exact) mass is 522 g/mol. The van der Waals surface area contributed by atoms with Gasteiger partial charge in [-0.15, -0.1) is 0 Å². The molecule has 7 rings (SSSR count). The van der Waals surface area contributed by atoms with Crippen LogP contribution in [-0.4, -0.2) is 24.6 Å². The fraction of sp³-hybridized carbons (Fsp3) is 0.818. The Morgan fingerprint density at radius 2 is 1.71 bits per heavy atom. The minimum atomic E-state index is -0.303. The van der Waals surface area contributed by atoms with Gasteiger partial charge in [0.1, 0.15) is 5.75 Å². The molecule has 0 aromatic heterocycles. The zero-order valence-electron chi connectivity index (χ0n) is 24.1. The maximum atomic E-state index is 6.97. The molecule has 1 aromatic rings. The van der Waals surface area contributed by atoms with Crippen LogP contribution in [0.3, 0.4) is 0 Å². The highest BCUT2D eigenvalue weighted by Gasteiger charge is 2.69. The van der Waals surface area contributed by atoms with E-state index in [1.807, 2.05) is 18.2 Å². The molecule has 6 aliphatic rings. The normalized spacial score (nSPS) is 51.6. The fourth-order valence-corrected chi connectivity index (χ4v) is 11.2. The molecule has 12 unspecified atom stereocenters. The van der Waals surface area contributed by atoms with Gasteiger partial charge >= 0.3 is 0 Å². The van der Waals surface area contributed by atoms with Gasteiger partial charge < -0.3 is 25.7 Å². The van der Waals surface area contributed by atoms with Crippen LogP contribution in [0.15, 0.2) is 18.2 Å². The summed E-state index contributed by atoms with van der Waals surface area (Å²) in [5.74, 6) is 5.57. The largest absolute Gasteiger partial charge is 0.488 e. The zero-order chi connectivity index (χ0) is 26.4. The topological polar surface area (TPSA) is 79.7 Å². The number of hydrogen-bond acceptors (Lipinski definition) is 5. The van der Waals surface area contributed by atoms with E-state index in [1.54, 1.807) is 0 Å². The lowest BCUT2D eigenvalue weighted by atomic mass is 9.44. The second-order valence-electron chi connectivity index (χ2n) is 15.0. The smallest absolute Gasteiger partial charge is 0.171 e. The highest BCUT2D eigenvalue weighted by atomic mass is 16.7. The highest BCUT2D eigenvalue weighted by molar-refractivity contribution is 5.60. The lowest BCUT2D eigenvalue weighted by molar-refractivity contribution is -0.273. The molecule has 12 atom stereocenters. The van der Waals surface area contributed by atoms with E-state index in [0.717, 1.165) is 55.3 Å². The summed E-state index contributed by atoms with van der Waals surface area (Å²) in [4.78, 5) is 0. The van der Waals surface area contributed by atoms with Gasteiger partial charge in [-0.3, -0.25) is 0 Å². The number of nitrogens with two attached hydrogens (primary N) is 2. The predicted molar refractivity (Wildman–Crippen MR) is 151 cm³/mol. The second-order valence-corrected chi connectivity index (χ2v) is 15.0. The number of benzene rings is 1. The first kappa shape index (κ1) is 25.5. The van der Waals surface area contributed by atoms with E-state index in [0.29, 0.717) is 46.1 Å². The van der Waals surface area contributed by atoms with Crippen molar-refractivity contribution in [2.24, 2.45) is 52.3 Å². The summed E-state index contributed by atoms with van der Waals surface area (Å²) >= 11 is 0. The molecule has 5 heteroatoms. The zero-order valence-corrected chi connectivity index (χ0v) is 24.1. The molecular weight excluding hydrogens is 472 g/mol. The van der Waals surface area contributed by atoms with Crippen molar-refractivity contribution in [3.63, 3.8) is 0 Å². The standard InChI is InChI=1S/C33H50N2O3/c1-19-9-14-33(36-18-19)20(2)30-29(38-33)17-26-24-7-5-21-15-23(37-28-8-6-22(34)16-27(28)35)10-12-31(21,3)25(24)11-13-32(26,30)4/h6,8,16,19-21,23-26,29-30H,5,7,9-15,17-18,34-35H2,1-4H3. The minimum Gasteiger partial charge on any atom is -0.488 e. The Morgan fingerprint density at radius 1 is 0.895 bits per heavy atom. The summed E-state index contributed by atoms with van der Waals surface area (Å²) in [5, 5.41) is 0. The second kappa shape index (κ2) is 8.77. The summed E-state index contributed by atoms with van der Waals surface area (Å²) in [6.07, 6.45) is 13.3. The Balaban J connectivity index is 1.06. The Kier molecular flexibility index (Phi) is 5.88. The van der Waals surface area contributed by atoms with Gasteiger partial charge in [-0.05, 0) is 122 Å². The van der Waals surface area contributed by atoms with E-state index in [4.69, 9.17) is 25.7 Å². The molecule has 1 spiro atoms. The van der Waals surface area contributed by atoms with Crippen LogP contribution in [0.5, 0.6) is 5.75 Å². The molecule has 0 bridgehead atoms. The van der Waals surface area contributed by atoms with Crippen molar-refractivity contribution in [1.29, 1.82) is 0 Å². The fourth-order valence-electron chi connectivity index (χ4n) is 11.2. The Hall–Kier alpha value is -1.46. The quantitative estimate of drug-likeness (QED) is 0.407. The van der Waals surface area contributed by atoms with E-state index in [2.05, 4.69) is 27.7 Å². The lowest BCUT2D eigenvalue weighted by Gasteiger charge is -2.61. The van der Waals surface area contributed by atoms with Crippen molar-refractivity contribution in [2.45, 2.75) is 110 Å². The van der Waals surface area contributed by atoms with Gasteiger partial charge in [0.2, 0.25) is 0 Å². The van der Waals surface area contributed by atoms with Crippen LogP contribution in [0.2, 0.25) is 0 Å². The number of rotatable bonds is 2. The summed E-state index contributed by atoms with van der Waals surface area (Å²) in [7, 11) is 0. The van der Waals surface area contributed by atoms with E-state index < -0.39 is 0 Å². The summed E-state index contributed by atoms with van der Waals surface area (Å²) in [6.45, 7) is 10.9. The van der Waals surface area contributed by atoms with E-state index in [1.165, 1.54) is 44.9 Å². The SMILES string of the molecule is CC1CCC2(OC1)OC1CC3C4CCC5CC(Oc6ccc(N)cc6N)CCC5(C)C4CCC3(C)C1C2C. The van der Waals surface area contributed by atoms with Gasteiger partial charge in [0.05, 0.1) is 24.5 Å². The molecule has 5 nitrogen and oxygen atoms in total. The first-order valence-corrected chi connectivity index (χ1v) is 15.8. The Labute approximate surface area is 229 Å². The first-order valence-electron chi connectivity index (χ1n) is 15.8. The molecule has 4 aliphatic carbocycles. The molecule has 2 saturated heterocycles. The van der Waals surface area contributed by atoms with Gasteiger partial charge in [-0.2, -0.15) is 0 Å². The molecular formula is C33H50N2O3. The van der Waals surface area contributed by atoms with Crippen molar-refractivity contribution in [3.8, 4) is 5.75 Å². The summed E-state index contributed by atoms with van der Waals surface area (Å²) in [6, 6.07) is 5.66. The summed E-state index contributed by atoms with van der Waals surface area (Å²) < 4.78 is 20.0. The van der Waals surface area contributed by atoms with Gasteiger partial charge in [0.25, 0.3) is 0 Å². The third-order valence-electron chi connectivity index (χ3n) is 13.2. The van der Waals surface area contributed by atoms with Crippen LogP contribution in [-0.2, 0) is 9.47 Å². The van der Waals surface area contributed by atoms with Crippen LogP contribution in [0.1, 0.15) is 91.9 Å². The average molecular weight is 523 g/mol. The van der Waals surface area contributed by atoms with Crippen molar-refractivity contribution in [1.82, 2.24) is 0 Å². The third-order valence-corrected chi connectivity index (χ3v) is 13.2. The molecule has 2 heterocycles. The molecule has 0 radical (unpaired) electrons. The van der Waals surface area contributed by atoms with Crippen molar-refractivity contribution in [3.05, 3.63) is 18.2 Å². The van der Waals surface area contributed by atoms with Gasteiger partial charge in [-0.25, -0.2) is 0 Å². The number of anilines is 2. The molecule has 6 fully saturated rings. The van der Waals surface area contributed by atoms with Crippen molar-refractivity contribution in [2.75, 3.05) is 18.1 Å². The van der Waals surface area contributed by atoms with Crippen LogP contribution in [0.25, 0.3) is 0 Å². The maximum Gasteiger partial charge on any atom is 0.171 e. The van der Waals surface area contributed by atoms with Crippen LogP contribution >= 0.6 is 0 Å². The molecule has 210 valence electrons. The van der Waals surface area contributed by atoms with Gasteiger partial charge in [0.15, 0.2) is 5.79 Å². The Morgan fingerprint density at radius 3 is 2.47 bits per heavy atom. The maximum absolute atomic E-state index is 6.97. The van der Waals surface area contributed by atoms with Crippen LogP contribution in [0.4, 0.5) is 11.4 Å². The molecule has 0 amide bonds. The highest BCUT2D eigenvalue weighted by Crippen LogP contribution is 2.71. The van der Waals surface area contributed by atoms with Crippen molar-refractivity contribution >= 4 is 11.4 Å². The van der Waals surface area contributed by atoms with E-state index in [9.17, 15) is 0 Å². The number of nitrogen functional groups attached to an aromatic ring is 2. The predicted octanol–water partition coefficient (Wildman–Crippen LogP) is 7.04. The van der Waals surface area contributed by atoms with E-state index >= 15 is 0 Å². The minimum absolute atomic E-state index is 0.263. The number of ether oxygens (including phenoxy) is 3.